The molecule has 0 aliphatic heterocycles. The van der Waals surface area contributed by atoms with Crippen molar-refractivity contribution >= 4 is 15.9 Å². The number of hydrogen-bond acceptors (Lipinski definition) is 3. The number of amides is 1. The molecule has 1 unspecified atom stereocenters. The normalized spacial score (nSPS) is 13.0. The zero-order valence-electron chi connectivity index (χ0n) is 13.1. The number of aryl methyl sites for hydroxylation is 1. The summed E-state index contributed by atoms with van der Waals surface area (Å²) >= 11 is 0. The molecule has 1 amide bonds. The van der Waals surface area contributed by atoms with Crippen molar-refractivity contribution < 1.29 is 13.2 Å². The largest absolute Gasteiger partial charge is 0.336 e. The number of nitrogens with two attached hydrogens (primary N) is 1. The molecule has 0 bridgehead atoms. The van der Waals surface area contributed by atoms with Crippen LogP contribution < -0.4 is 5.14 Å². The highest BCUT2D eigenvalue weighted by atomic mass is 32.2. The van der Waals surface area contributed by atoms with Crippen LogP contribution in [0.2, 0.25) is 0 Å². The standard InChI is InChI=1S/C15H24N2O3S/c1-5-11(4)17(7-3)15(18)14-10-13(21(16,19)20)9-8-12(14)6-2/h8-11H,5-7H2,1-4H3,(H2,16,19,20). The van der Waals surface area contributed by atoms with Crippen molar-refractivity contribution in [2.24, 2.45) is 5.14 Å². The fourth-order valence-electron chi connectivity index (χ4n) is 2.27. The number of carbonyl (C=O) groups excluding carboxylic acids is 1. The lowest BCUT2D eigenvalue weighted by Crippen LogP contribution is -2.38. The first-order valence-electron chi connectivity index (χ1n) is 7.22. The van der Waals surface area contributed by atoms with E-state index >= 15 is 0 Å². The first-order valence-corrected chi connectivity index (χ1v) is 8.77. The van der Waals surface area contributed by atoms with Gasteiger partial charge in [0, 0.05) is 18.2 Å². The minimum Gasteiger partial charge on any atom is -0.336 e. The Morgan fingerprint density at radius 3 is 2.33 bits per heavy atom. The van der Waals surface area contributed by atoms with Crippen LogP contribution in [0.1, 0.15) is 50.0 Å². The van der Waals surface area contributed by atoms with Gasteiger partial charge in [0.05, 0.1) is 4.90 Å². The molecule has 1 rings (SSSR count). The SMILES string of the molecule is CCc1ccc(S(N)(=O)=O)cc1C(=O)N(CC)C(C)CC. The van der Waals surface area contributed by atoms with Crippen LogP contribution in [-0.2, 0) is 16.4 Å². The number of sulfonamides is 1. The average Bonchev–Trinajstić information content (AvgIpc) is 2.45. The Labute approximate surface area is 127 Å². The molecular formula is C15H24N2O3S. The van der Waals surface area contributed by atoms with Gasteiger partial charge in [0.15, 0.2) is 0 Å². The van der Waals surface area contributed by atoms with E-state index in [1.807, 2.05) is 27.7 Å². The Morgan fingerprint density at radius 2 is 1.90 bits per heavy atom. The van der Waals surface area contributed by atoms with Gasteiger partial charge in [0.25, 0.3) is 5.91 Å². The van der Waals surface area contributed by atoms with Gasteiger partial charge in [-0.2, -0.15) is 0 Å². The molecule has 1 aromatic carbocycles. The van der Waals surface area contributed by atoms with E-state index in [1.165, 1.54) is 12.1 Å². The Hall–Kier alpha value is -1.40. The summed E-state index contributed by atoms with van der Waals surface area (Å²) in [6, 6.07) is 4.61. The van der Waals surface area contributed by atoms with Crippen LogP contribution in [0.15, 0.2) is 23.1 Å². The molecular weight excluding hydrogens is 288 g/mol. The molecule has 0 aliphatic carbocycles. The molecule has 0 aromatic heterocycles. The highest BCUT2D eigenvalue weighted by Gasteiger charge is 2.22. The maximum Gasteiger partial charge on any atom is 0.254 e. The van der Waals surface area contributed by atoms with Crippen molar-refractivity contribution in [3.8, 4) is 0 Å². The molecule has 0 heterocycles. The predicted octanol–water partition coefficient (Wildman–Crippen LogP) is 2.16. The van der Waals surface area contributed by atoms with Crippen molar-refractivity contribution in [2.45, 2.75) is 51.5 Å². The monoisotopic (exact) mass is 312 g/mol. The average molecular weight is 312 g/mol. The molecule has 0 saturated heterocycles. The molecule has 0 fully saturated rings. The Kier molecular flexibility index (Phi) is 5.92. The van der Waals surface area contributed by atoms with E-state index in [0.717, 1.165) is 12.0 Å². The van der Waals surface area contributed by atoms with Crippen molar-refractivity contribution in [1.82, 2.24) is 4.90 Å². The first-order chi connectivity index (χ1) is 9.76. The highest BCUT2D eigenvalue weighted by molar-refractivity contribution is 7.89. The smallest absolute Gasteiger partial charge is 0.254 e. The fraction of sp³-hybridized carbons (Fsp3) is 0.533. The van der Waals surface area contributed by atoms with Crippen molar-refractivity contribution in [3.63, 3.8) is 0 Å². The van der Waals surface area contributed by atoms with Gasteiger partial charge >= 0.3 is 0 Å². The third-order valence-electron chi connectivity index (χ3n) is 3.75. The zero-order valence-corrected chi connectivity index (χ0v) is 13.9. The quantitative estimate of drug-likeness (QED) is 0.874. The van der Waals surface area contributed by atoms with Crippen LogP contribution in [0.25, 0.3) is 0 Å². The second-order valence-corrected chi connectivity index (χ2v) is 6.63. The number of primary sulfonamides is 1. The van der Waals surface area contributed by atoms with E-state index in [1.54, 1.807) is 11.0 Å². The van der Waals surface area contributed by atoms with Gasteiger partial charge in [-0.1, -0.05) is 19.9 Å². The molecule has 21 heavy (non-hydrogen) atoms. The summed E-state index contributed by atoms with van der Waals surface area (Å²) in [6.07, 6.45) is 1.50. The van der Waals surface area contributed by atoms with Gasteiger partial charge in [-0.25, -0.2) is 13.6 Å². The lowest BCUT2D eigenvalue weighted by atomic mass is 10.0. The minimum absolute atomic E-state index is 0.0248. The van der Waals surface area contributed by atoms with Crippen molar-refractivity contribution in [2.75, 3.05) is 6.54 Å². The lowest BCUT2D eigenvalue weighted by Gasteiger charge is -2.28. The second kappa shape index (κ2) is 7.04. The van der Waals surface area contributed by atoms with Crippen LogP contribution >= 0.6 is 0 Å². The van der Waals surface area contributed by atoms with Gasteiger partial charge in [0.1, 0.15) is 0 Å². The summed E-state index contributed by atoms with van der Waals surface area (Å²) in [6.45, 7) is 8.43. The Morgan fingerprint density at radius 1 is 1.29 bits per heavy atom. The van der Waals surface area contributed by atoms with E-state index in [9.17, 15) is 13.2 Å². The predicted molar refractivity (Wildman–Crippen MR) is 83.7 cm³/mol. The van der Waals surface area contributed by atoms with Crippen LogP contribution in [-0.4, -0.2) is 31.8 Å². The molecule has 0 radical (unpaired) electrons. The summed E-state index contributed by atoms with van der Waals surface area (Å²) in [4.78, 5) is 14.5. The Bertz CT molecular complexity index is 611. The maximum absolute atomic E-state index is 12.7. The second-order valence-electron chi connectivity index (χ2n) is 5.07. The molecule has 1 atom stereocenters. The summed E-state index contributed by atoms with van der Waals surface area (Å²) in [7, 11) is -3.81. The van der Waals surface area contributed by atoms with Crippen LogP contribution in [0.5, 0.6) is 0 Å². The van der Waals surface area contributed by atoms with Crippen LogP contribution in [0.4, 0.5) is 0 Å². The number of benzene rings is 1. The number of carbonyl (C=O) groups is 1. The Balaban J connectivity index is 3.35. The molecule has 5 nitrogen and oxygen atoms in total. The summed E-state index contributed by atoms with van der Waals surface area (Å²) in [5, 5.41) is 5.16. The summed E-state index contributed by atoms with van der Waals surface area (Å²) in [5.41, 5.74) is 1.25. The van der Waals surface area contributed by atoms with Crippen LogP contribution in [0, 0.1) is 0 Å². The molecule has 0 spiro atoms. The highest BCUT2D eigenvalue weighted by Crippen LogP contribution is 2.19. The fourth-order valence-corrected chi connectivity index (χ4v) is 2.81. The van der Waals surface area contributed by atoms with Gasteiger partial charge in [-0.3, -0.25) is 4.79 Å². The molecule has 6 heteroatoms. The van der Waals surface area contributed by atoms with Gasteiger partial charge in [-0.05, 0) is 44.4 Å². The molecule has 0 saturated carbocycles. The lowest BCUT2D eigenvalue weighted by molar-refractivity contribution is 0.0698. The summed E-state index contributed by atoms with van der Waals surface area (Å²) in [5.74, 6) is -0.144. The van der Waals surface area contributed by atoms with E-state index < -0.39 is 10.0 Å². The van der Waals surface area contributed by atoms with E-state index in [0.29, 0.717) is 18.5 Å². The molecule has 1 aromatic rings. The third kappa shape index (κ3) is 4.04. The molecule has 2 N–H and O–H groups in total. The first kappa shape index (κ1) is 17.7. The number of hydrogen-bond donors (Lipinski definition) is 1. The number of nitrogens with zero attached hydrogens (tertiary/aromatic N) is 1. The van der Waals surface area contributed by atoms with Gasteiger partial charge in [0.2, 0.25) is 10.0 Å². The topological polar surface area (TPSA) is 80.5 Å². The number of rotatable bonds is 6. The van der Waals surface area contributed by atoms with Crippen molar-refractivity contribution in [3.05, 3.63) is 29.3 Å². The zero-order chi connectivity index (χ0) is 16.2. The maximum atomic E-state index is 12.7. The molecule has 118 valence electrons. The van der Waals surface area contributed by atoms with E-state index in [-0.39, 0.29) is 16.8 Å². The molecule has 0 aliphatic rings. The summed E-state index contributed by atoms with van der Waals surface area (Å²) < 4.78 is 23.0. The van der Waals surface area contributed by atoms with E-state index in [4.69, 9.17) is 5.14 Å². The third-order valence-corrected chi connectivity index (χ3v) is 4.66. The van der Waals surface area contributed by atoms with Crippen LogP contribution in [0.3, 0.4) is 0 Å². The van der Waals surface area contributed by atoms with Crippen molar-refractivity contribution in [1.29, 1.82) is 0 Å². The van der Waals surface area contributed by atoms with Gasteiger partial charge < -0.3 is 4.90 Å². The van der Waals surface area contributed by atoms with Gasteiger partial charge in [-0.15, -0.1) is 0 Å². The van der Waals surface area contributed by atoms with E-state index in [2.05, 4.69) is 0 Å². The minimum atomic E-state index is -3.81.